The number of hydrogen-bond donors (Lipinski definition) is 1. The first-order chi connectivity index (χ1) is 10.4. The van der Waals surface area contributed by atoms with Crippen LogP contribution in [0.25, 0.3) is 0 Å². The molecule has 2 heterocycles. The van der Waals surface area contributed by atoms with E-state index in [0.717, 1.165) is 18.7 Å². The molecule has 6 nitrogen and oxygen atoms in total. The van der Waals surface area contributed by atoms with Gasteiger partial charge in [-0.2, -0.15) is 0 Å². The summed E-state index contributed by atoms with van der Waals surface area (Å²) < 4.78 is 23.0. The Hall–Kier alpha value is -1.60. The van der Waals surface area contributed by atoms with Crippen molar-refractivity contribution in [2.45, 2.75) is 24.5 Å². The van der Waals surface area contributed by atoms with Gasteiger partial charge >= 0.3 is 0 Å². The monoisotopic (exact) mass is 323 g/mol. The summed E-state index contributed by atoms with van der Waals surface area (Å²) in [5.41, 5.74) is 2.37. The fourth-order valence-corrected chi connectivity index (χ4v) is 4.15. The van der Waals surface area contributed by atoms with Crippen LogP contribution in [0, 0.1) is 0 Å². The zero-order valence-electron chi connectivity index (χ0n) is 12.4. The Balaban J connectivity index is 1.66. The third-order valence-electron chi connectivity index (χ3n) is 4.50. The van der Waals surface area contributed by atoms with Gasteiger partial charge in [-0.05, 0) is 30.9 Å². The number of fused-ring (bicyclic) bond motifs is 1. The predicted octanol–water partition coefficient (Wildman–Crippen LogP) is 0.329. The highest BCUT2D eigenvalue weighted by Gasteiger charge is 2.31. The largest absolute Gasteiger partial charge is 0.362 e. The second kappa shape index (κ2) is 5.89. The number of sulfonamides is 1. The molecule has 7 heteroatoms. The number of nitrogens with two attached hydrogens (primary N) is 1. The van der Waals surface area contributed by atoms with Gasteiger partial charge in [-0.1, -0.05) is 18.2 Å². The van der Waals surface area contributed by atoms with E-state index in [9.17, 15) is 13.2 Å². The topological polar surface area (TPSA) is 83.7 Å². The number of para-hydroxylation sites is 1. The summed E-state index contributed by atoms with van der Waals surface area (Å²) >= 11 is 0. The number of hydrogen-bond acceptors (Lipinski definition) is 4. The number of rotatable bonds is 3. The Morgan fingerprint density at radius 1 is 1.27 bits per heavy atom. The standard InChI is InChI=1S/C15H21N3O3S/c16-22(20,21)13-5-3-8-18(10-13)15(19)11-17-9-7-12-4-1-2-6-14(12)17/h1-2,4,6,13H,3,5,7-11H2,(H2,16,20,21). The molecule has 1 aromatic carbocycles. The molecular formula is C15H21N3O3S. The molecule has 0 aromatic heterocycles. The predicted molar refractivity (Wildman–Crippen MR) is 85.1 cm³/mol. The van der Waals surface area contributed by atoms with Crippen LogP contribution < -0.4 is 10.0 Å². The number of anilines is 1. The van der Waals surface area contributed by atoms with Crippen molar-refractivity contribution in [1.82, 2.24) is 4.90 Å². The Labute approximate surface area is 130 Å². The minimum absolute atomic E-state index is 0.0231. The highest BCUT2D eigenvalue weighted by molar-refractivity contribution is 7.89. The van der Waals surface area contributed by atoms with Crippen molar-refractivity contribution in [2.75, 3.05) is 31.1 Å². The molecule has 3 rings (SSSR count). The van der Waals surface area contributed by atoms with Crippen LogP contribution in [0.4, 0.5) is 5.69 Å². The van der Waals surface area contributed by atoms with Crippen LogP contribution in [0.3, 0.4) is 0 Å². The second-order valence-electron chi connectivity index (χ2n) is 5.99. The maximum atomic E-state index is 12.5. The molecule has 1 fully saturated rings. The molecule has 1 unspecified atom stereocenters. The van der Waals surface area contributed by atoms with Crippen LogP contribution in [0.2, 0.25) is 0 Å². The summed E-state index contributed by atoms with van der Waals surface area (Å²) in [4.78, 5) is 16.2. The number of carbonyl (C=O) groups excluding carboxylic acids is 1. The number of carbonyl (C=O) groups is 1. The van der Waals surface area contributed by atoms with Crippen LogP contribution >= 0.6 is 0 Å². The fourth-order valence-electron chi connectivity index (χ4n) is 3.27. The molecule has 2 N–H and O–H groups in total. The van der Waals surface area contributed by atoms with E-state index in [0.29, 0.717) is 25.9 Å². The zero-order valence-corrected chi connectivity index (χ0v) is 13.3. The van der Waals surface area contributed by atoms with E-state index in [1.807, 2.05) is 18.2 Å². The molecular weight excluding hydrogens is 302 g/mol. The van der Waals surface area contributed by atoms with E-state index in [1.165, 1.54) is 5.56 Å². The van der Waals surface area contributed by atoms with Crippen molar-refractivity contribution < 1.29 is 13.2 Å². The summed E-state index contributed by atoms with van der Waals surface area (Å²) in [7, 11) is -3.58. The van der Waals surface area contributed by atoms with Crippen molar-refractivity contribution in [3.63, 3.8) is 0 Å². The molecule has 1 atom stereocenters. The minimum atomic E-state index is -3.58. The first kappa shape index (κ1) is 15.3. The molecule has 2 aliphatic rings. The Morgan fingerprint density at radius 3 is 2.82 bits per heavy atom. The van der Waals surface area contributed by atoms with E-state index in [-0.39, 0.29) is 12.5 Å². The highest BCUT2D eigenvalue weighted by atomic mass is 32.2. The molecule has 22 heavy (non-hydrogen) atoms. The first-order valence-electron chi connectivity index (χ1n) is 7.57. The third kappa shape index (κ3) is 3.10. The summed E-state index contributed by atoms with van der Waals surface area (Å²) in [5, 5.41) is 4.59. The van der Waals surface area contributed by atoms with Crippen LogP contribution in [0.1, 0.15) is 18.4 Å². The van der Waals surface area contributed by atoms with Gasteiger partial charge in [0.25, 0.3) is 0 Å². The average Bonchev–Trinajstić information content (AvgIpc) is 2.90. The van der Waals surface area contributed by atoms with Crippen molar-refractivity contribution in [2.24, 2.45) is 5.14 Å². The van der Waals surface area contributed by atoms with Crippen molar-refractivity contribution >= 4 is 21.6 Å². The van der Waals surface area contributed by atoms with E-state index >= 15 is 0 Å². The van der Waals surface area contributed by atoms with Gasteiger partial charge in [0.2, 0.25) is 15.9 Å². The highest BCUT2D eigenvalue weighted by Crippen LogP contribution is 2.27. The SMILES string of the molecule is NS(=O)(=O)C1CCCN(C(=O)CN2CCc3ccccc32)C1. The van der Waals surface area contributed by atoms with E-state index in [4.69, 9.17) is 5.14 Å². The molecule has 120 valence electrons. The average molecular weight is 323 g/mol. The molecule has 0 spiro atoms. The Bertz CT molecular complexity index is 674. The maximum Gasteiger partial charge on any atom is 0.242 e. The van der Waals surface area contributed by atoms with Gasteiger partial charge in [0.05, 0.1) is 11.8 Å². The molecule has 0 bridgehead atoms. The molecule has 2 aliphatic heterocycles. The summed E-state index contributed by atoms with van der Waals surface area (Å²) in [5.74, 6) is -0.0231. The van der Waals surface area contributed by atoms with Crippen LogP contribution in [0.15, 0.2) is 24.3 Å². The zero-order chi connectivity index (χ0) is 15.7. The van der Waals surface area contributed by atoms with Gasteiger partial charge in [0.1, 0.15) is 0 Å². The summed E-state index contributed by atoms with van der Waals surface area (Å²) in [6.07, 6.45) is 2.17. The number of benzene rings is 1. The van der Waals surface area contributed by atoms with E-state index in [2.05, 4.69) is 11.0 Å². The van der Waals surface area contributed by atoms with Crippen molar-refractivity contribution in [1.29, 1.82) is 0 Å². The van der Waals surface area contributed by atoms with Gasteiger partial charge in [0, 0.05) is 25.3 Å². The molecule has 1 saturated heterocycles. The minimum Gasteiger partial charge on any atom is -0.362 e. The number of nitrogens with zero attached hydrogens (tertiary/aromatic N) is 2. The molecule has 1 aromatic rings. The third-order valence-corrected chi connectivity index (χ3v) is 5.82. The number of piperidine rings is 1. The van der Waals surface area contributed by atoms with Gasteiger partial charge in [-0.25, -0.2) is 13.6 Å². The Morgan fingerprint density at radius 2 is 2.05 bits per heavy atom. The normalized spacial score (nSPS) is 21.8. The van der Waals surface area contributed by atoms with E-state index < -0.39 is 15.3 Å². The number of primary sulfonamides is 1. The van der Waals surface area contributed by atoms with Crippen LogP contribution in [-0.4, -0.2) is 50.7 Å². The maximum absolute atomic E-state index is 12.5. The van der Waals surface area contributed by atoms with Gasteiger partial charge < -0.3 is 9.80 Å². The smallest absolute Gasteiger partial charge is 0.242 e. The van der Waals surface area contributed by atoms with Gasteiger partial charge in [0.15, 0.2) is 0 Å². The molecule has 0 saturated carbocycles. The quantitative estimate of drug-likeness (QED) is 0.869. The van der Waals surface area contributed by atoms with Crippen molar-refractivity contribution in [3.8, 4) is 0 Å². The lowest BCUT2D eigenvalue weighted by Crippen LogP contribution is -2.49. The molecule has 1 amide bonds. The second-order valence-corrected chi connectivity index (χ2v) is 7.84. The van der Waals surface area contributed by atoms with E-state index in [1.54, 1.807) is 4.90 Å². The fraction of sp³-hybridized carbons (Fsp3) is 0.533. The first-order valence-corrected chi connectivity index (χ1v) is 9.18. The van der Waals surface area contributed by atoms with Gasteiger partial charge in [-0.15, -0.1) is 0 Å². The Kier molecular flexibility index (Phi) is 4.10. The lowest BCUT2D eigenvalue weighted by Gasteiger charge is -2.33. The van der Waals surface area contributed by atoms with Crippen LogP contribution in [-0.2, 0) is 21.2 Å². The lowest BCUT2D eigenvalue weighted by atomic mass is 10.1. The summed E-state index contributed by atoms with van der Waals surface area (Å²) in [6, 6.07) is 8.09. The lowest BCUT2D eigenvalue weighted by molar-refractivity contribution is -0.130. The van der Waals surface area contributed by atoms with Crippen LogP contribution in [0.5, 0.6) is 0 Å². The van der Waals surface area contributed by atoms with Gasteiger partial charge in [-0.3, -0.25) is 4.79 Å². The number of likely N-dealkylation sites (tertiary alicyclic amines) is 1. The molecule has 0 aliphatic carbocycles. The van der Waals surface area contributed by atoms with Crippen molar-refractivity contribution in [3.05, 3.63) is 29.8 Å². The molecule has 0 radical (unpaired) electrons. The summed E-state index contributed by atoms with van der Waals surface area (Å²) in [6.45, 7) is 1.96. The number of amides is 1.